The van der Waals surface area contributed by atoms with Crippen LogP contribution >= 0.6 is 22.7 Å². The Labute approximate surface area is 100 Å². The lowest BCUT2D eigenvalue weighted by Crippen LogP contribution is -2.13. The smallest absolute Gasteiger partial charge is 0.264 e. The van der Waals surface area contributed by atoms with Gasteiger partial charge >= 0.3 is 0 Å². The van der Waals surface area contributed by atoms with Gasteiger partial charge in [-0.25, -0.2) is 13.4 Å². The van der Waals surface area contributed by atoms with Gasteiger partial charge in [0.15, 0.2) is 5.13 Å². The Kier molecular flexibility index (Phi) is 3.24. The molecular weight excluding hydrogens is 268 g/mol. The van der Waals surface area contributed by atoms with Crippen LogP contribution in [0.4, 0.5) is 5.13 Å². The number of anilines is 1. The van der Waals surface area contributed by atoms with Gasteiger partial charge in [-0.2, -0.15) is 0 Å². The first-order valence-electron chi connectivity index (χ1n) is 4.23. The summed E-state index contributed by atoms with van der Waals surface area (Å²) in [6, 6.07) is 1.46. The van der Waals surface area contributed by atoms with E-state index in [-0.39, 0.29) is 11.5 Å². The lowest BCUT2D eigenvalue weighted by atomic mass is 10.5. The van der Waals surface area contributed by atoms with E-state index in [1.807, 2.05) is 0 Å². The number of thiazole rings is 1. The Morgan fingerprint density at radius 2 is 2.19 bits per heavy atom. The number of hydrogen-bond donors (Lipinski definition) is 2. The van der Waals surface area contributed by atoms with Crippen LogP contribution in [0.3, 0.4) is 0 Å². The minimum atomic E-state index is -3.63. The lowest BCUT2D eigenvalue weighted by molar-refractivity contribution is 0.282. The highest BCUT2D eigenvalue weighted by molar-refractivity contribution is 7.93. The second-order valence-corrected chi connectivity index (χ2v) is 6.35. The molecule has 0 fully saturated rings. The molecule has 0 bridgehead atoms. The highest BCUT2D eigenvalue weighted by Crippen LogP contribution is 2.24. The van der Waals surface area contributed by atoms with Crippen LogP contribution in [0.2, 0.25) is 0 Å². The van der Waals surface area contributed by atoms with Gasteiger partial charge in [0, 0.05) is 11.6 Å². The average Bonchev–Trinajstić information content (AvgIpc) is 2.85. The molecule has 0 aliphatic rings. The molecule has 0 aliphatic carbocycles. The van der Waals surface area contributed by atoms with Gasteiger partial charge in [-0.1, -0.05) is 0 Å². The fraction of sp³-hybridized carbons (Fsp3) is 0.125. The van der Waals surface area contributed by atoms with Crippen LogP contribution in [-0.4, -0.2) is 18.5 Å². The van der Waals surface area contributed by atoms with Gasteiger partial charge in [0.2, 0.25) is 0 Å². The Bertz CT molecular complexity index is 559. The van der Waals surface area contributed by atoms with Crippen LogP contribution < -0.4 is 4.72 Å². The molecule has 0 saturated carbocycles. The summed E-state index contributed by atoms with van der Waals surface area (Å²) < 4.78 is 26.1. The van der Waals surface area contributed by atoms with Crippen molar-refractivity contribution in [3.05, 3.63) is 27.9 Å². The van der Waals surface area contributed by atoms with E-state index in [0.717, 1.165) is 0 Å². The summed E-state index contributed by atoms with van der Waals surface area (Å²) in [4.78, 5) is 4.36. The summed E-state index contributed by atoms with van der Waals surface area (Å²) in [5.74, 6) is 0. The molecule has 0 amide bonds. The second kappa shape index (κ2) is 4.50. The minimum Gasteiger partial charge on any atom is -0.391 e. The highest BCUT2D eigenvalue weighted by Gasteiger charge is 2.20. The van der Waals surface area contributed by atoms with Crippen LogP contribution in [0.25, 0.3) is 0 Å². The maximum absolute atomic E-state index is 11.9. The molecule has 0 unspecified atom stereocenters. The summed E-state index contributed by atoms with van der Waals surface area (Å²) in [5, 5.41) is 12.6. The molecule has 2 aromatic rings. The van der Waals surface area contributed by atoms with Gasteiger partial charge in [0.25, 0.3) is 10.0 Å². The van der Waals surface area contributed by atoms with Gasteiger partial charge in [-0.15, -0.1) is 22.7 Å². The lowest BCUT2D eigenvalue weighted by Gasteiger charge is -2.04. The molecule has 2 heterocycles. The van der Waals surface area contributed by atoms with Gasteiger partial charge in [0.05, 0.1) is 11.5 Å². The fourth-order valence-corrected chi connectivity index (χ4v) is 4.21. The number of aromatic nitrogens is 1. The third-order valence-corrected chi connectivity index (χ3v) is 5.07. The number of nitrogens with one attached hydrogen (secondary N) is 1. The predicted molar refractivity (Wildman–Crippen MR) is 63.2 cm³/mol. The number of rotatable bonds is 4. The maximum atomic E-state index is 11.9. The first-order valence-corrected chi connectivity index (χ1v) is 7.47. The van der Waals surface area contributed by atoms with Crippen molar-refractivity contribution in [3.63, 3.8) is 0 Å². The molecule has 0 aromatic carbocycles. The van der Waals surface area contributed by atoms with E-state index in [1.165, 1.54) is 34.9 Å². The van der Waals surface area contributed by atoms with Crippen molar-refractivity contribution < 1.29 is 13.5 Å². The third-order valence-electron chi connectivity index (χ3n) is 1.79. The van der Waals surface area contributed by atoms with Gasteiger partial charge in [0.1, 0.15) is 4.90 Å². The molecule has 0 spiro atoms. The largest absolute Gasteiger partial charge is 0.391 e. The quantitative estimate of drug-likeness (QED) is 0.887. The number of sulfonamides is 1. The molecule has 0 radical (unpaired) electrons. The fourth-order valence-electron chi connectivity index (χ4n) is 1.13. The monoisotopic (exact) mass is 276 g/mol. The number of nitrogens with zero attached hydrogens (tertiary/aromatic N) is 1. The Morgan fingerprint density at radius 3 is 2.81 bits per heavy atom. The molecule has 0 saturated heterocycles. The molecule has 0 atom stereocenters. The van der Waals surface area contributed by atoms with E-state index in [2.05, 4.69) is 9.71 Å². The van der Waals surface area contributed by atoms with Crippen molar-refractivity contribution in [2.45, 2.75) is 11.5 Å². The second-order valence-electron chi connectivity index (χ2n) is 2.81. The third kappa shape index (κ3) is 2.24. The van der Waals surface area contributed by atoms with Crippen molar-refractivity contribution in [1.29, 1.82) is 0 Å². The molecule has 2 aromatic heterocycles. The van der Waals surface area contributed by atoms with Crippen LogP contribution in [0, 0.1) is 0 Å². The maximum Gasteiger partial charge on any atom is 0.264 e. The number of aliphatic hydroxyl groups is 1. The molecule has 5 nitrogen and oxygen atoms in total. The first kappa shape index (κ1) is 11.5. The van der Waals surface area contributed by atoms with Crippen molar-refractivity contribution in [2.75, 3.05) is 4.72 Å². The number of hydrogen-bond acceptors (Lipinski definition) is 6. The van der Waals surface area contributed by atoms with E-state index >= 15 is 0 Å². The summed E-state index contributed by atoms with van der Waals surface area (Å²) in [6.45, 7) is -0.286. The zero-order chi connectivity index (χ0) is 11.6. The molecule has 2 N–H and O–H groups in total. The van der Waals surface area contributed by atoms with Gasteiger partial charge < -0.3 is 5.11 Å². The zero-order valence-electron chi connectivity index (χ0n) is 7.95. The molecule has 0 aliphatic heterocycles. The minimum absolute atomic E-state index is 0.107. The number of thiophene rings is 1. The van der Waals surface area contributed by atoms with Gasteiger partial charge in [-0.3, -0.25) is 4.72 Å². The molecule has 8 heteroatoms. The summed E-state index contributed by atoms with van der Waals surface area (Å²) in [5.41, 5.74) is 0. The van der Waals surface area contributed by atoms with Gasteiger partial charge in [-0.05, 0) is 11.4 Å². The van der Waals surface area contributed by atoms with E-state index < -0.39 is 10.0 Å². The Balaban J connectivity index is 2.33. The van der Waals surface area contributed by atoms with Crippen molar-refractivity contribution in [3.8, 4) is 0 Å². The predicted octanol–water partition coefficient (Wildman–Crippen LogP) is 1.50. The SMILES string of the molecule is O=S(=O)(Nc1nccs1)c1ccsc1CO. The highest BCUT2D eigenvalue weighted by atomic mass is 32.2. The summed E-state index contributed by atoms with van der Waals surface area (Å²) in [6.07, 6.45) is 1.52. The first-order chi connectivity index (χ1) is 7.63. The zero-order valence-corrected chi connectivity index (χ0v) is 10.4. The van der Waals surface area contributed by atoms with Crippen LogP contribution in [0.1, 0.15) is 4.88 Å². The van der Waals surface area contributed by atoms with Crippen molar-refractivity contribution in [2.24, 2.45) is 0 Å². The summed E-state index contributed by atoms with van der Waals surface area (Å²) in [7, 11) is -3.63. The van der Waals surface area contributed by atoms with E-state index in [4.69, 9.17) is 5.11 Å². The molecule has 2 rings (SSSR count). The summed E-state index contributed by atoms with van der Waals surface area (Å²) >= 11 is 2.40. The average molecular weight is 276 g/mol. The van der Waals surface area contributed by atoms with Crippen LogP contribution in [0.15, 0.2) is 27.9 Å². The van der Waals surface area contributed by atoms with Crippen LogP contribution in [-0.2, 0) is 16.6 Å². The number of aliphatic hydroxyl groups excluding tert-OH is 1. The van der Waals surface area contributed by atoms with Crippen molar-refractivity contribution >= 4 is 37.8 Å². The Hall–Kier alpha value is -0.960. The Morgan fingerprint density at radius 1 is 1.38 bits per heavy atom. The van der Waals surface area contributed by atoms with E-state index in [0.29, 0.717) is 10.0 Å². The standard InChI is InChI=1S/C8H8N2O3S3/c11-5-6-7(1-3-14-6)16(12,13)10-8-9-2-4-15-8/h1-4,11H,5H2,(H,9,10). The molecular formula is C8H8N2O3S3. The topological polar surface area (TPSA) is 79.3 Å². The van der Waals surface area contributed by atoms with Crippen LogP contribution in [0.5, 0.6) is 0 Å². The molecule has 86 valence electrons. The van der Waals surface area contributed by atoms with E-state index in [9.17, 15) is 8.42 Å². The van der Waals surface area contributed by atoms with E-state index in [1.54, 1.807) is 10.8 Å². The normalized spacial score (nSPS) is 11.6. The van der Waals surface area contributed by atoms with Crippen molar-refractivity contribution in [1.82, 2.24) is 4.98 Å². The molecule has 16 heavy (non-hydrogen) atoms.